The summed E-state index contributed by atoms with van der Waals surface area (Å²) in [6.07, 6.45) is 9.36. The number of likely N-dealkylation sites (N-methyl/N-ethyl adjacent to an activating group) is 6. The van der Waals surface area contributed by atoms with Crippen LogP contribution in [-0.2, 0) is 105 Å². The predicted octanol–water partition coefficient (Wildman–Crippen LogP) is 2.50. The Kier molecular flexibility index (Phi) is 68.8. The average molecular weight is 2010 g/mol. The van der Waals surface area contributed by atoms with E-state index in [1.165, 1.54) is 101 Å². The van der Waals surface area contributed by atoms with E-state index in [9.17, 15) is 86.3 Å². The number of carboxylic acid groups (broad SMARTS) is 4. The Morgan fingerprint density at radius 2 is 0.628 bits per heavy atom. The number of nitrogens with zero attached hydrogens (tertiary/aromatic N) is 4. The van der Waals surface area contributed by atoms with Crippen LogP contribution in [0, 0.1) is 5.92 Å². The average Bonchev–Trinajstić information content (AvgIpc) is 1.67. The lowest BCUT2D eigenvalue weighted by Gasteiger charge is -2.29. The molecule has 4 heterocycles. The first-order valence-corrected chi connectivity index (χ1v) is 50.4. The number of carbonyl (C=O) groups is 18. The van der Waals surface area contributed by atoms with Gasteiger partial charge < -0.3 is 118 Å². The Morgan fingerprint density at radius 3 is 0.854 bits per heavy atom. The molecule has 10 amide bonds. The molecule has 0 bridgehead atoms. The monoisotopic (exact) mass is 2010 g/mol. The Bertz CT molecular complexity index is 3750. The fourth-order valence-electron chi connectivity index (χ4n) is 14.2. The molecule has 137 heavy (non-hydrogen) atoms. The van der Waals surface area contributed by atoms with Gasteiger partial charge in [-0.15, -0.1) is 0 Å². The SMILES string of the molecule is CC(=O)[C@@H]1C[C@@H](OC(C)(C)C)CN1C.CCCC(=O)N[C@@H](CSC)C(=O)N[C@H](CC(=O)NC)C(=O)N1C[C@H](OC(C)(C)C)C[C@H]1C(C)=O.CCCC(=O)O.CC[C@H](C)[C@@H](NC)C(=O)O.CNC(=O)C[C@@H](NC(=O)[C@H](CSC)NC)C(=O)N1C[C@H](OC(C)(C)C)C[C@H]1C(C)=O.CNC(=O)C[C@@H](NC)C(=O)N1C[C@H](OC(C)(C)C)C[C@H]1C(C)=O.CNC(=O)C[C@@H](NC)C(=O)O.CN[C@@H](CSC)C(=O)O. The van der Waals surface area contributed by atoms with Gasteiger partial charge in [0.25, 0.3) is 0 Å². The van der Waals surface area contributed by atoms with Gasteiger partial charge in [0.05, 0.1) is 109 Å². The number of rotatable bonds is 44. The number of nitrogens with one attached hydrogen (secondary N) is 12. The molecule has 0 aromatic rings. The summed E-state index contributed by atoms with van der Waals surface area (Å²) in [5.41, 5.74) is -1.33. The number of hydrogen-bond acceptors (Lipinski definition) is 31. The van der Waals surface area contributed by atoms with Gasteiger partial charge in [-0.1, -0.05) is 34.1 Å². The van der Waals surface area contributed by atoms with E-state index in [1.807, 2.05) is 130 Å². The molecule has 17 atom stereocenters. The molecule has 0 spiro atoms. The molecule has 45 heteroatoms. The van der Waals surface area contributed by atoms with Crippen LogP contribution in [0.2, 0.25) is 0 Å². The zero-order valence-electron chi connectivity index (χ0n) is 87.7. The molecule has 0 aromatic heterocycles. The highest BCUT2D eigenvalue weighted by atomic mass is 32.2. The summed E-state index contributed by atoms with van der Waals surface area (Å²) in [7, 11) is 16.0. The molecule has 4 aliphatic rings. The third-order valence-electron chi connectivity index (χ3n) is 21.0. The van der Waals surface area contributed by atoms with Gasteiger partial charge in [-0.2, -0.15) is 35.3 Å². The zero-order chi connectivity index (χ0) is 107. The van der Waals surface area contributed by atoms with Crippen molar-refractivity contribution in [1.29, 1.82) is 0 Å². The van der Waals surface area contributed by atoms with Crippen LogP contribution in [0.15, 0.2) is 0 Å². The minimum absolute atomic E-state index is 0.0394. The van der Waals surface area contributed by atoms with Crippen LogP contribution in [0.1, 0.15) is 222 Å². The standard InChI is InChI=1S/C23H40N4O6S.C20H36N4O5S.C16H29N3O4.C11H21NO2.C7H15NO2.C6H12N2O3.C5H11NO2S.C4H8O2/c1-8-9-19(29)25-17(13-34-7)21(31)26-16(11-20(30)24-6)22(32)27-12-15(33-23(3,4)5)10-18(27)14(2)28;1-12(25)16-8-13(29-20(2,3)4)10-24(16)19(28)14(9-17(26)22-6)23-18(27)15(21-5)11-30-7;1-10(20)13-7-11(23-16(2,3)4)9-19(13)15(22)12(17-5)8-14(21)18-6;1-8(13)10-6-9(7-12(10)5)14-11(2,3)4;1-4-5(2)6(8-3)7(9)10;1-7-4(6(10)11)3-5(9)8-2;1-6-4(3-9-2)5(7)8;1-2-3-4(5)6/h15-18H,8-13H2,1-7H3,(H,24,30)(H,25,29)(H,26,31);13-16,21H,8-11H2,1-7H3,(H,22,26)(H,23,27);11-13,17H,7-9H2,1-6H3,(H,18,21);9-10H,6-7H2,1-5H3;5-6,8H,4H2,1-3H3,(H,9,10);4,7H,3H2,1-2H3,(H,8,9)(H,10,11);4,6H,3H2,1-2H3,(H,7,8);2-3H2,1H3,(H,5,6)/t15-,16-,17+,18+;13-,14-,15+,16+;11-,12-,13+;9-,10+;5-,6+;2*4-;/m1111010./s1. The molecule has 0 aliphatic carbocycles. The van der Waals surface area contributed by atoms with E-state index in [0.717, 1.165) is 25.8 Å². The van der Waals surface area contributed by atoms with Gasteiger partial charge in [0.15, 0.2) is 17.3 Å². The molecule has 0 unspecified atom stereocenters. The maximum absolute atomic E-state index is 13.5. The summed E-state index contributed by atoms with van der Waals surface area (Å²) >= 11 is 4.39. The first-order chi connectivity index (χ1) is 63.4. The second-order valence-corrected chi connectivity index (χ2v) is 40.0. The van der Waals surface area contributed by atoms with Crippen LogP contribution < -0.4 is 63.8 Å². The van der Waals surface area contributed by atoms with Crippen molar-refractivity contribution in [2.75, 3.05) is 133 Å². The van der Waals surface area contributed by atoms with Crippen LogP contribution in [0.5, 0.6) is 0 Å². The molecule has 4 rings (SSSR count). The summed E-state index contributed by atoms with van der Waals surface area (Å²) in [6.45, 7) is 38.7. The number of carboxylic acids is 4. The van der Waals surface area contributed by atoms with Crippen molar-refractivity contribution in [2.45, 2.75) is 341 Å². The fraction of sp³-hybridized carbons (Fsp3) is 0.804. The van der Waals surface area contributed by atoms with Gasteiger partial charge in [-0.05, 0) is 197 Å². The van der Waals surface area contributed by atoms with Crippen LogP contribution in [0.4, 0.5) is 0 Å². The van der Waals surface area contributed by atoms with E-state index in [2.05, 4.69) is 68.7 Å². The van der Waals surface area contributed by atoms with Crippen molar-refractivity contribution in [3.63, 3.8) is 0 Å². The Labute approximate surface area is 826 Å². The van der Waals surface area contributed by atoms with E-state index >= 15 is 0 Å². The number of Topliss-reactive ketones (excluding diaryl/α,β-unsaturated/α-hetero) is 4. The van der Waals surface area contributed by atoms with Crippen molar-refractivity contribution in [2.24, 2.45) is 5.92 Å². The molecule has 4 aliphatic heterocycles. The smallest absolute Gasteiger partial charge is 0.321 e. The maximum atomic E-state index is 13.5. The molecule has 0 saturated carbocycles. The van der Waals surface area contributed by atoms with Crippen LogP contribution >= 0.6 is 35.3 Å². The van der Waals surface area contributed by atoms with Crippen molar-refractivity contribution in [1.82, 2.24) is 83.4 Å². The second-order valence-electron chi connectivity index (χ2n) is 37.3. The Morgan fingerprint density at radius 1 is 0.350 bits per heavy atom. The molecule has 794 valence electrons. The lowest BCUT2D eigenvalue weighted by atomic mass is 10.00. The topological polar surface area (TPSA) is 582 Å². The minimum atomic E-state index is -1.19. The van der Waals surface area contributed by atoms with Crippen LogP contribution in [0.25, 0.3) is 0 Å². The van der Waals surface area contributed by atoms with Gasteiger partial charge in [0.1, 0.15) is 42.0 Å². The van der Waals surface area contributed by atoms with Gasteiger partial charge in [0, 0.05) is 104 Å². The number of thioether (sulfide) groups is 3. The third-order valence-corrected chi connectivity index (χ3v) is 23.0. The van der Waals surface area contributed by atoms with E-state index in [1.54, 1.807) is 46.3 Å². The van der Waals surface area contributed by atoms with Crippen molar-refractivity contribution in [3.05, 3.63) is 0 Å². The molecule has 0 aromatic carbocycles. The van der Waals surface area contributed by atoms with Gasteiger partial charge in [-0.25, -0.2) is 0 Å². The molecule has 4 fully saturated rings. The minimum Gasteiger partial charge on any atom is -0.481 e. The largest absolute Gasteiger partial charge is 0.481 e. The highest BCUT2D eigenvalue weighted by Crippen LogP contribution is 2.31. The summed E-state index contributed by atoms with van der Waals surface area (Å²) in [5, 5.41) is 65.0. The molecular weight excluding hydrogens is 1840 g/mol. The van der Waals surface area contributed by atoms with E-state index in [0.29, 0.717) is 55.9 Å². The zero-order valence-corrected chi connectivity index (χ0v) is 90.2. The van der Waals surface area contributed by atoms with Crippen molar-refractivity contribution < 1.29 is 126 Å². The first-order valence-electron chi connectivity index (χ1n) is 46.2. The Balaban J connectivity index is -0.000000783. The Hall–Kier alpha value is -8.09. The normalized spacial score (nSPS) is 19.8. The number of likely N-dealkylation sites (tertiary alicyclic amines) is 4. The van der Waals surface area contributed by atoms with Crippen molar-refractivity contribution in [3.8, 4) is 0 Å². The summed E-state index contributed by atoms with van der Waals surface area (Å²) in [4.78, 5) is 218. The predicted molar refractivity (Wildman–Crippen MR) is 532 cm³/mol. The first kappa shape index (κ1) is 135. The maximum Gasteiger partial charge on any atom is 0.321 e. The number of aliphatic carboxylic acids is 4. The lowest BCUT2D eigenvalue weighted by molar-refractivity contribution is -0.142. The lowest BCUT2D eigenvalue weighted by Crippen LogP contribution is -2.57. The van der Waals surface area contributed by atoms with Crippen molar-refractivity contribution >= 4 is 141 Å². The van der Waals surface area contributed by atoms with Gasteiger partial charge >= 0.3 is 23.9 Å². The number of amides is 10. The molecule has 42 nitrogen and oxygen atoms in total. The number of ether oxygens (including phenoxy) is 4. The number of carbonyl (C=O) groups excluding carboxylic acids is 14. The fourth-order valence-corrected chi connectivity index (χ4v) is 16.1. The van der Waals surface area contributed by atoms with Crippen LogP contribution in [0.3, 0.4) is 0 Å². The van der Waals surface area contributed by atoms with Gasteiger partial charge in [0.2, 0.25) is 59.1 Å². The molecular formula is C92H172N16O26S3. The third kappa shape index (κ3) is 58.0. The molecule has 4 saturated heterocycles. The summed E-state index contributed by atoms with van der Waals surface area (Å²) < 4.78 is 23.8. The van der Waals surface area contributed by atoms with Gasteiger partial charge in [-0.3, -0.25) is 91.2 Å². The highest BCUT2D eigenvalue weighted by Gasteiger charge is 2.47. The number of ketones is 4. The molecule has 0 radical (unpaired) electrons. The van der Waals surface area contributed by atoms with E-state index in [4.69, 9.17) is 39.4 Å². The van der Waals surface area contributed by atoms with E-state index in [-0.39, 0.29) is 151 Å². The van der Waals surface area contributed by atoms with Crippen LogP contribution in [-0.4, -0.2) is 398 Å². The second kappa shape index (κ2) is 69.7. The summed E-state index contributed by atoms with van der Waals surface area (Å²) in [5.74, 6) is -5.51. The summed E-state index contributed by atoms with van der Waals surface area (Å²) in [6, 6.07) is -7.62. The van der Waals surface area contributed by atoms with E-state index < -0.39 is 125 Å². The molecule has 16 N–H and O–H groups in total. The highest BCUT2D eigenvalue weighted by molar-refractivity contribution is 7.99. The number of hydrogen-bond donors (Lipinski definition) is 16. The quantitative estimate of drug-likeness (QED) is 0.0417.